The average Bonchev–Trinajstić information content (AvgIpc) is 1.98. The lowest BCUT2D eigenvalue weighted by Gasteiger charge is -2.16. The molecule has 0 aromatic carbocycles. The van der Waals surface area contributed by atoms with E-state index in [0.29, 0.717) is 10.8 Å². The first kappa shape index (κ1) is 14.6. The summed E-state index contributed by atoms with van der Waals surface area (Å²) >= 11 is 0. The van der Waals surface area contributed by atoms with Crippen LogP contribution >= 0.6 is 0 Å². The molecule has 0 heterocycles. The monoisotopic (exact) mass is 208 g/mol. The minimum Gasteiger partial charge on any atom is -0.103 e. The van der Waals surface area contributed by atoms with Crippen LogP contribution in [0.1, 0.15) is 73.6 Å². The summed E-state index contributed by atoms with van der Waals surface area (Å²) in [5, 5.41) is 0. The quantitative estimate of drug-likeness (QED) is 0.450. The van der Waals surface area contributed by atoms with E-state index in [-0.39, 0.29) is 0 Å². The van der Waals surface area contributed by atoms with Crippen LogP contribution in [0.5, 0.6) is 0 Å². The molecule has 0 amide bonds. The normalized spacial score (nSPS) is 12.1. The Hall–Kier alpha value is -0.440. The third kappa shape index (κ3) is 13.6. The molecule has 0 nitrogen and oxygen atoms in total. The van der Waals surface area contributed by atoms with Crippen LogP contribution in [0.4, 0.5) is 0 Å². The Bertz CT molecular complexity index is 211. The maximum absolute atomic E-state index is 3.28. The van der Waals surface area contributed by atoms with Gasteiger partial charge in [-0.3, -0.25) is 0 Å². The molecule has 0 aliphatic heterocycles. The van der Waals surface area contributed by atoms with Gasteiger partial charge in [-0.15, -0.1) is 11.8 Å². The van der Waals surface area contributed by atoms with Gasteiger partial charge in [0.2, 0.25) is 0 Å². The van der Waals surface area contributed by atoms with Gasteiger partial charge in [-0.2, -0.15) is 0 Å². The van der Waals surface area contributed by atoms with Crippen molar-refractivity contribution in [3.05, 3.63) is 0 Å². The minimum atomic E-state index is 0.431. The van der Waals surface area contributed by atoms with Crippen LogP contribution in [0.3, 0.4) is 0 Å². The van der Waals surface area contributed by atoms with Crippen molar-refractivity contribution in [2.45, 2.75) is 73.6 Å². The number of unbranched alkanes of at least 4 members (excludes halogenated alkanes) is 1. The predicted molar refractivity (Wildman–Crippen MR) is 69.8 cm³/mol. The standard InChI is InChI=1S/C15H28/c1-14(2,3)12-10-8-7-9-11-13-15(4,5)6/h8,10-13H2,1-6H3. The summed E-state index contributed by atoms with van der Waals surface area (Å²) in [5.74, 6) is 6.56. The second-order valence-corrected chi connectivity index (χ2v) is 6.83. The zero-order valence-corrected chi connectivity index (χ0v) is 11.5. The van der Waals surface area contributed by atoms with E-state index in [0.717, 1.165) is 12.8 Å². The highest BCUT2D eigenvalue weighted by Crippen LogP contribution is 2.21. The summed E-state index contributed by atoms with van der Waals surface area (Å²) in [4.78, 5) is 0. The molecule has 0 aromatic heterocycles. The Morgan fingerprint density at radius 2 is 1.13 bits per heavy atom. The van der Waals surface area contributed by atoms with Crippen molar-refractivity contribution in [1.29, 1.82) is 0 Å². The van der Waals surface area contributed by atoms with E-state index in [1.54, 1.807) is 0 Å². The molecule has 0 aliphatic rings. The molecule has 0 rings (SSSR count). The molecule has 0 saturated carbocycles. The Morgan fingerprint density at radius 3 is 1.60 bits per heavy atom. The topological polar surface area (TPSA) is 0 Å². The zero-order valence-electron chi connectivity index (χ0n) is 11.5. The van der Waals surface area contributed by atoms with E-state index in [4.69, 9.17) is 0 Å². The molecule has 0 unspecified atom stereocenters. The molecule has 15 heavy (non-hydrogen) atoms. The molecule has 0 radical (unpaired) electrons. The van der Waals surface area contributed by atoms with Crippen molar-refractivity contribution < 1.29 is 0 Å². The fourth-order valence-corrected chi connectivity index (χ4v) is 1.32. The SMILES string of the molecule is CC(C)(C)CCC#CCCCC(C)(C)C. The molecule has 0 aliphatic carbocycles. The lowest BCUT2D eigenvalue weighted by Crippen LogP contribution is -2.03. The molecule has 0 N–H and O–H groups in total. The molecule has 0 saturated heterocycles. The summed E-state index contributed by atoms with van der Waals surface area (Å²) in [6, 6.07) is 0. The van der Waals surface area contributed by atoms with Crippen molar-refractivity contribution >= 4 is 0 Å². The van der Waals surface area contributed by atoms with Gasteiger partial charge in [-0.25, -0.2) is 0 Å². The van der Waals surface area contributed by atoms with E-state index >= 15 is 0 Å². The van der Waals surface area contributed by atoms with E-state index in [2.05, 4.69) is 53.4 Å². The van der Waals surface area contributed by atoms with Gasteiger partial charge in [-0.1, -0.05) is 41.5 Å². The first-order valence-electron chi connectivity index (χ1n) is 6.16. The van der Waals surface area contributed by atoms with Crippen LogP contribution in [0.15, 0.2) is 0 Å². The summed E-state index contributed by atoms with van der Waals surface area (Å²) in [6.07, 6.45) is 5.85. The van der Waals surface area contributed by atoms with E-state index in [9.17, 15) is 0 Å². The van der Waals surface area contributed by atoms with Crippen molar-refractivity contribution in [2.24, 2.45) is 10.8 Å². The predicted octanol–water partition coefficient (Wildman–Crippen LogP) is 5.03. The summed E-state index contributed by atoms with van der Waals surface area (Å²) in [7, 11) is 0. The fraction of sp³-hybridized carbons (Fsp3) is 0.867. The zero-order chi connectivity index (χ0) is 11.9. The van der Waals surface area contributed by atoms with E-state index in [1.807, 2.05) is 0 Å². The Balaban J connectivity index is 3.49. The molecule has 0 aromatic rings. The largest absolute Gasteiger partial charge is 0.103 e. The maximum Gasteiger partial charge on any atom is 0.00936 e. The highest BCUT2D eigenvalue weighted by atomic mass is 14.1. The van der Waals surface area contributed by atoms with Crippen molar-refractivity contribution in [3.63, 3.8) is 0 Å². The highest BCUT2D eigenvalue weighted by molar-refractivity contribution is 4.99. The van der Waals surface area contributed by atoms with Gasteiger partial charge in [0, 0.05) is 12.8 Å². The molecular formula is C15H28. The van der Waals surface area contributed by atoms with Crippen LogP contribution in [0.25, 0.3) is 0 Å². The van der Waals surface area contributed by atoms with Gasteiger partial charge in [0.1, 0.15) is 0 Å². The average molecular weight is 208 g/mol. The van der Waals surface area contributed by atoms with Crippen LogP contribution in [0, 0.1) is 22.7 Å². The molecule has 0 atom stereocenters. The molecule has 0 fully saturated rings. The van der Waals surface area contributed by atoms with E-state index in [1.165, 1.54) is 19.3 Å². The number of rotatable bonds is 3. The Morgan fingerprint density at radius 1 is 0.667 bits per heavy atom. The summed E-state index contributed by atoms with van der Waals surface area (Å²) in [6.45, 7) is 13.7. The van der Waals surface area contributed by atoms with Crippen LogP contribution in [-0.4, -0.2) is 0 Å². The van der Waals surface area contributed by atoms with Crippen LogP contribution < -0.4 is 0 Å². The lowest BCUT2D eigenvalue weighted by molar-refractivity contribution is 0.368. The molecule has 0 heteroatoms. The molecule has 88 valence electrons. The van der Waals surface area contributed by atoms with Gasteiger partial charge in [0.05, 0.1) is 0 Å². The first-order valence-corrected chi connectivity index (χ1v) is 6.16. The first-order chi connectivity index (χ1) is 6.71. The van der Waals surface area contributed by atoms with Gasteiger partial charge in [-0.05, 0) is 30.1 Å². The van der Waals surface area contributed by atoms with E-state index < -0.39 is 0 Å². The Kier molecular flexibility index (Phi) is 6.03. The molecule has 0 bridgehead atoms. The lowest BCUT2D eigenvalue weighted by atomic mass is 9.89. The number of hydrogen-bond donors (Lipinski definition) is 0. The third-order valence-corrected chi connectivity index (χ3v) is 2.35. The molecule has 0 spiro atoms. The summed E-state index contributed by atoms with van der Waals surface area (Å²) < 4.78 is 0. The summed E-state index contributed by atoms with van der Waals surface area (Å²) in [5.41, 5.74) is 0.896. The fourth-order valence-electron chi connectivity index (χ4n) is 1.32. The van der Waals surface area contributed by atoms with Crippen LogP contribution in [-0.2, 0) is 0 Å². The minimum absolute atomic E-state index is 0.431. The van der Waals surface area contributed by atoms with Gasteiger partial charge < -0.3 is 0 Å². The van der Waals surface area contributed by atoms with Gasteiger partial charge in [0.15, 0.2) is 0 Å². The smallest absolute Gasteiger partial charge is 0.00936 e. The van der Waals surface area contributed by atoms with Gasteiger partial charge in [0.25, 0.3) is 0 Å². The van der Waals surface area contributed by atoms with Crippen LogP contribution in [0.2, 0.25) is 0 Å². The van der Waals surface area contributed by atoms with Crippen molar-refractivity contribution in [2.75, 3.05) is 0 Å². The second kappa shape index (κ2) is 6.21. The third-order valence-electron chi connectivity index (χ3n) is 2.35. The van der Waals surface area contributed by atoms with Crippen molar-refractivity contribution in [3.8, 4) is 11.8 Å². The molecular weight excluding hydrogens is 180 g/mol. The number of hydrogen-bond acceptors (Lipinski definition) is 0. The van der Waals surface area contributed by atoms with Gasteiger partial charge >= 0.3 is 0 Å². The highest BCUT2D eigenvalue weighted by Gasteiger charge is 2.08. The Labute approximate surface area is 96.8 Å². The second-order valence-electron chi connectivity index (χ2n) is 6.83. The maximum atomic E-state index is 3.28. The van der Waals surface area contributed by atoms with Crippen molar-refractivity contribution in [1.82, 2.24) is 0 Å².